The first-order chi connectivity index (χ1) is 16.3. The summed E-state index contributed by atoms with van der Waals surface area (Å²) >= 11 is 0. The number of amides is 4. The lowest BCUT2D eigenvalue weighted by molar-refractivity contribution is -0.136. The zero-order valence-corrected chi connectivity index (χ0v) is 18.3. The molecule has 34 heavy (non-hydrogen) atoms. The molecular weight excluding hydrogens is 444 g/mol. The molecule has 2 atom stereocenters. The molecule has 1 saturated carbocycles. The van der Waals surface area contributed by atoms with Crippen LogP contribution < -0.4 is 10.6 Å². The number of carbonyl (C=O) groups excluding carboxylic acids is 4. The number of rotatable bonds is 5. The lowest BCUT2D eigenvalue weighted by Crippen LogP contribution is -2.52. The molecule has 2 N–H and O–H groups in total. The average molecular weight is 467 g/mol. The largest absolute Gasteiger partial charge is 0.345 e. The molecule has 0 radical (unpaired) electrons. The van der Waals surface area contributed by atoms with E-state index in [0.29, 0.717) is 22.3 Å². The highest BCUT2D eigenvalue weighted by molar-refractivity contribution is 6.06. The van der Waals surface area contributed by atoms with Crippen LogP contribution in [0, 0.1) is 17.6 Å². The van der Waals surface area contributed by atoms with Gasteiger partial charge in [-0.25, -0.2) is 8.78 Å². The first kappa shape index (κ1) is 22.2. The van der Waals surface area contributed by atoms with Crippen LogP contribution in [0.2, 0.25) is 0 Å². The van der Waals surface area contributed by atoms with Gasteiger partial charge in [-0.15, -0.1) is 0 Å². The van der Waals surface area contributed by atoms with Gasteiger partial charge in [0.05, 0.1) is 6.04 Å². The number of hydrogen-bond acceptors (Lipinski definition) is 4. The summed E-state index contributed by atoms with van der Waals surface area (Å²) in [5, 5.41) is 5.22. The van der Waals surface area contributed by atoms with E-state index in [0.717, 1.165) is 31.4 Å². The molecule has 1 saturated heterocycles. The lowest BCUT2D eigenvalue weighted by atomic mass is 9.77. The Morgan fingerprint density at radius 1 is 1.03 bits per heavy atom. The molecule has 9 heteroatoms. The molecule has 2 aromatic carbocycles. The predicted octanol–water partition coefficient (Wildman–Crippen LogP) is 3.00. The second-order valence-electron chi connectivity index (χ2n) is 9.09. The highest BCUT2D eigenvalue weighted by Gasteiger charge is 2.39. The predicted molar refractivity (Wildman–Crippen MR) is 116 cm³/mol. The van der Waals surface area contributed by atoms with Crippen molar-refractivity contribution >= 4 is 23.6 Å². The maximum Gasteiger partial charge on any atom is 0.255 e. The molecular formula is C25H23F2N3O4. The van der Waals surface area contributed by atoms with Crippen molar-refractivity contribution in [3.05, 3.63) is 70.3 Å². The van der Waals surface area contributed by atoms with Crippen molar-refractivity contribution in [2.75, 3.05) is 0 Å². The summed E-state index contributed by atoms with van der Waals surface area (Å²) in [6.07, 6.45) is 3.19. The summed E-state index contributed by atoms with van der Waals surface area (Å²) in [5.74, 6) is -3.31. The van der Waals surface area contributed by atoms with E-state index in [1.165, 1.54) is 11.0 Å². The number of carbonyl (C=O) groups is 4. The number of hydrogen-bond donors (Lipinski definition) is 2. The van der Waals surface area contributed by atoms with Crippen LogP contribution in [0.15, 0.2) is 36.4 Å². The van der Waals surface area contributed by atoms with Crippen molar-refractivity contribution in [1.82, 2.24) is 15.5 Å². The molecule has 4 amide bonds. The summed E-state index contributed by atoms with van der Waals surface area (Å²) in [6, 6.07) is 7.22. The summed E-state index contributed by atoms with van der Waals surface area (Å²) in [5.41, 5.74) is 1.88. The van der Waals surface area contributed by atoms with Gasteiger partial charge in [0.2, 0.25) is 11.8 Å². The maximum absolute atomic E-state index is 13.8. The number of piperidine rings is 1. The standard InChI is InChI=1S/C25H23F2N3O4/c26-18-7-5-14(11-19(18)27)22(13-2-1-3-13)29-23(32)15-4-6-17-16(10-15)12-30(25(17)34)20-8-9-21(31)28-24(20)33/h4-7,10-11,13,20,22H,1-3,8-9,12H2,(H,29,32)(H,28,31,33)/t20-,22+/m1/s1. The summed E-state index contributed by atoms with van der Waals surface area (Å²) in [4.78, 5) is 51.0. The van der Waals surface area contributed by atoms with Gasteiger partial charge in [-0.2, -0.15) is 0 Å². The van der Waals surface area contributed by atoms with Crippen molar-refractivity contribution in [1.29, 1.82) is 0 Å². The van der Waals surface area contributed by atoms with E-state index in [-0.39, 0.29) is 43.0 Å². The van der Waals surface area contributed by atoms with E-state index in [2.05, 4.69) is 10.6 Å². The molecule has 2 fully saturated rings. The number of nitrogens with one attached hydrogen (secondary N) is 2. The minimum atomic E-state index is -0.958. The molecule has 7 nitrogen and oxygen atoms in total. The van der Waals surface area contributed by atoms with Crippen LogP contribution in [0.1, 0.15) is 70.0 Å². The van der Waals surface area contributed by atoms with Crippen LogP contribution in [-0.2, 0) is 16.1 Å². The first-order valence-corrected chi connectivity index (χ1v) is 11.3. The third-order valence-corrected chi connectivity index (χ3v) is 7.00. The maximum atomic E-state index is 13.8. The number of nitrogens with zero attached hydrogens (tertiary/aromatic N) is 1. The SMILES string of the molecule is O=C1CC[C@@H](N2Cc3cc(C(=O)N[C@H](c4ccc(F)c(F)c4)C4CCC4)ccc3C2=O)C(=O)N1. The minimum Gasteiger partial charge on any atom is -0.345 e. The molecule has 2 aromatic rings. The Kier molecular flexibility index (Phi) is 5.63. The fraction of sp³-hybridized carbons (Fsp3) is 0.360. The molecule has 0 spiro atoms. The fourth-order valence-corrected chi connectivity index (χ4v) is 4.89. The molecule has 1 aliphatic carbocycles. The number of benzene rings is 2. The van der Waals surface area contributed by atoms with Gasteiger partial charge in [0, 0.05) is 24.1 Å². The van der Waals surface area contributed by atoms with Gasteiger partial charge in [-0.3, -0.25) is 24.5 Å². The summed E-state index contributed by atoms with van der Waals surface area (Å²) < 4.78 is 27.3. The molecule has 0 aromatic heterocycles. The van der Waals surface area contributed by atoms with Crippen molar-refractivity contribution < 1.29 is 28.0 Å². The first-order valence-electron chi connectivity index (χ1n) is 11.3. The van der Waals surface area contributed by atoms with E-state index < -0.39 is 29.6 Å². The molecule has 176 valence electrons. The Bertz CT molecular complexity index is 1210. The van der Waals surface area contributed by atoms with Crippen LogP contribution in [0.3, 0.4) is 0 Å². The monoisotopic (exact) mass is 467 g/mol. The Labute approximate surface area is 194 Å². The van der Waals surface area contributed by atoms with Gasteiger partial charge < -0.3 is 10.2 Å². The van der Waals surface area contributed by atoms with Crippen molar-refractivity contribution in [3.63, 3.8) is 0 Å². The number of imide groups is 1. The van der Waals surface area contributed by atoms with E-state index in [4.69, 9.17) is 0 Å². The Balaban J connectivity index is 1.35. The molecule has 2 heterocycles. The van der Waals surface area contributed by atoms with Crippen LogP contribution in [0.4, 0.5) is 8.78 Å². The third-order valence-electron chi connectivity index (χ3n) is 7.00. The zero-order chi connectivity index (χ0) is 24.0. The molecule has 5 rings (SSSR count). The van der Waals surface area contributed by atoms with E-state index in [1.54, 1.807) is 18.2 Å². The Hall–Kier alpha value is -3.62. The Morgan fingerprint density at radius 3 is 2.50 bits per heavy atom. The number of halogens is 2. The Morgan fingerprint density at radius 2 is 1.82 bits per heavy atom. The quantitative estimate of drug-likeness (QED) is 0.661. The van der Waals surface area contributed by atoms with Crippen molar-refractivity contribution in [2.45, 2.75) is 50.7 Å². The minimum absolute atomic E-state index is 0.132. The summed E-state index contributed by atoms with van der Waals surface area (Å²) in [6.45, 7) is 0.163. The zero-order valence-electron chi connectivity index (χ0n) is 18.3. The highest BCUT2D eigenvalue weighted by Crippen LogP contribution is 2.38. The second kappa shape index (κ2) is 8.62. The second-order valence-corrected chi connectivity index (χ2v) is 9.09. The normalized spacial score (nSPS) is 21.1. The van der Waals surface area contributed by atoms with E-state index >= 15 is 0 Å². The van der Waals surface area contributed by atoms with Gasteiger partial charge in [0.1, 0.15) is 6.04 Å². The van der Waals surface area contributed by atoms with Gasteiger partial charge in [-0.05, 0) is 66.6 Å². The van der Waals surface area contributed by atoms with Crippen LogP contribution in [0.5, 0.6) is 0 Å². The molecule has 0 unspecified atom stereocenters. The van der Waals surface area contributed by atoms with Gasteiger partial charge in [0.15, 0.2) is 11.6 Å². The fourth-order valence-electron chi connectivity index (χ4n) is 4.89. The summed E-state index contributed by atoms with van der Waals surface area (Å²) in [7, 11) is 0. The van der Waals surface area contributed by atoms with Crippen LogP contribution >= 0.6 is 0 Å². The van der Waals surface area contributed by atoms with Crippen molar-refractivity contribution in [3.8, 4) is 0 Å². The van der Waals surface area contributed by atoms with Gasteiger partial charge >= 0.3 is 0 Å². The molecule has 3 aliphatic rings. The average Bonchev–Trinajstić information content (AvgIpc) is 3.09. The van der Waals surface area contributed by atoms with Gasteiger partial charge in [0.25, 0.3) is 11.8 Å². The van der Waals surface area contributed by atoms with E-state index in [1.807, 2.05) is 0 Å². The van der Waals surface area contributed by atoms with E-state index in [9.17, 15) is 28.0 Å². The third kappa shape index (κ3) is 3.95. The van der Waals surface area contributed by atoms with Crippen LogP contribution in [0.25, 0.3) is 0 Å². The van der Waals surface area contributed by atoms with Crippen LogP contribution in [-0.4, -0.2) is 34.6 Å². The molecule has 0 bridgehead atoms. The highest BCUT2D eigenvalue weighted by atomic mass is 19.2. The van der Waals surface area contributed by atoms with Crippen molar-refractivity contribution in [2.24, 2.45) is 5.92 Å². The smallest absolute Gasteiger partial charge is 0.255 e. The molecule has 2 aliphatic heterocycles. The van der Waals surface area contributed by atoms with Gasteiger partial charge in [-0.1, -0.05) is 12.5 Å². The topological polar surface area (TPSA) is 95.6 Å². The number of fused-ring (bicyclic) bond motifs is 1. The lowest BCUT2D eigenvalue weighted by Gasteiger charge is -2.34.